The summed E-state index contributed by atoms with van der Waals surface area (Å²) in [5.41, 5.74) is 4.36. The fraction of sp³-hybridized carbons (Fsp3) is 0.0800. The molecule has 4 aromatic rings. The summed E-state index contributed by atoms with van der Waals surface area (Å²) >= 11 is 15.5. The number of anilines is 1. The summed E-state index contributed by atoms with van der Waals surface area (Å²) in [7, 11) is 0. The fourth-order valence-electron chi connectivity index (χ4n) is 3.49. The number of aromatic nitrogens is 1. The molecule has 0 aliphatic heterocycles. The van der Waals surface area contributed by atoms with Gasteiger partial charge >= 0.3 is 11.8 Å². The number of hydrogen-bond donors (Lipinski definition) is 3. The average Bonchev–Trinajstić information content (AvgIpc) is 3.18. The fourth-order valence-corrected chi connectivity index (χ4v) is 4.33. The smallest absolute Gasteiger partial charge is 0.328 e. The number of amides is 3. The monoisotopic (exact) mass is 572 g/mol. The van der Waals surface area contributed by atoms with Crippen molar-refractivity contribution in [1.82, 2.24) is 9.99 Å². The summed E-state index contributed by atoms with van der Waals surface area (Å²) in [6.07, 6.45) is 0. The van der Waals surface area contributed by atoms with E-state index in [1.165, 1.54) is 10.7 Å². The van der Waals surface area contributed by atoms with Crippen LogP contribution in [0.2, 0.25) is 10.0 Å². The van der Waals surface area contributed by atoms with E-state index in [1.54, 1.807) is 43.3 Å². The van der Waals surface area contributed by atoms with Gasteiger partial charge in [0.25, 0.3) is 5.91 Å². The highest BCUT2D eigenvalue weighted by Crippen LogP contribution is 2.27. The lowest BCUT2D eigenvalue weighted by Crippen LogP contribution is -2.40. The van der Waals surface area contributed by atoms with Crippen LogP contribution < -0.4 is 16.1 Å². The maximum Gasteiger partial charge on any atom is 0.328 e. The van der Waals surface area contributed by atoms with Crippen LogP contribution in [-0.4, -0.2) is 22.4 Å². The van der Waals surface area contributed by atoms with Gasteiger partial charge in [-0.25, -0.2) is 4.68 Å². The molecule has 35 heavy (non-hydrogen) atoms. The largest absolute Gasteiger partial charge is 0.341 e. The third-order valence-corrected chi connectivity index (χ3v) is 6.28. The lowest BCUT2D eigenvalue weighted by Gasteiger charge is -2.16. The molecule has 0 radical (unpaired) electrons. The summed E-state index contributed by atoms with van der Waals surface area (Å²) < 4.78 is 2.06. The second kappa shape index (κ2) is 10.5. The van der Waals surface area contributed by atoms with E-state index in [-0.39, 0.29) is 16.8 Å². The van der Waals surface area contributed by atoms with E-state index < -0.39 is 17.7 Å². The molecule has 0 spiro atoms. The zero-order chi connectivity index (χ0) is 25.1. The second-order valence-electron chi connectivity index (χ2n) is 7.69. The number of fused-ring (bicyclic) bond motifs is 1. The van der Waals surface area contributed by atoms with Gasteiger partial charge in [-0.15, -0.1) is 0 Å². The lowest BCUT2D eigenvalue weighted by atomic mass is 10.1. The Labute approximate surface area is 219 Å². The molecule has 3 aromatic carbocycles. The van der Waals surface area contributed by atoms with Gasteiger partial charge in [-0.05, 0) is 55.0 Å². The molecule has 1 heterocycles. The van der Waals surface area contributed by atoms with Crippen LogP contribution in [0.5, 0.6) is 0 Å². The number of nitrogens with zero attached hydrogens (tertiary/aromatic N) is 1. The highest BCUT2D eigenvalue weighted by atomic mass is 79.9. The van der Waals surface area contributed by atoms with Gasteiger partial charge < -0.3 is 10.6 Å². The van der Waals surface area contributed by atoms with E-state index in [2.05, 4.69) is 32.0 Å². The number of hydrogen-bond acceptors (Lipinski definition) is 3. The first kappa shape index (κ1) is 24.8. The molecule has 0 aliphatic carbocycles. The number of halogens is 3. The van der Waals surface area contributed by atoms with Crippen molar-refractivity contribution in [3.8, 4) is 0 Å². The van der Waals surface area contributed by atoms with Gasteiger partial charge in [0, 0.05) is 14.9 Å². The molecule has 0 unspecified atom stereocenters. The van der Waals surface area contributed by atoms with Gasteiger partial charge in [-0.2, -0.15) is 0 Å². The molecule has 178 valence electrons. The molecule has 0 saturated carbocycles. The van der Waals surface area contributed by atoms with Crippen molar-refractivity contribution < 1.29 is 14.4 Å². The van der Waals surface area contributed by atoms with Crippen molar-refractivity contribution in [2.75, 3.05) is 10.7 Å². The van der Waals surface area contributed by atoms with Crippen molar-refractivity contribution >= 4 is 73.4 Å². The molecular weight excluding hydrogens is 555 g/mol. The third kappa shape index (κ3) is 5.67. The van der Waals surface area contributed by atoms with Crippen molar-refractivity contribution in [2.24, 2.45) is 0 Å². The summed E-state index contributed by atoms with van der Waals surface area (Å²) in [5.74, 6) is -2.31. The first-order chi connectivity index (χ1) is 16.7. The maximum absolute atomic E-state index is 13.2. The SMILES string of the molecule is C[C@H](NC(=O)C(=O)Nn1c(C(=O)Nc2ccc(Cl)cc2Cl)cc2cc(Br)ccc21)c1ccccc1. The Morgan fingerprint density at radius 2 is 1.66 bits per heavy atom. The van der Waals surface area contributed by atoms with Crippen LogP contribution >= 0.6 is 39.1 Å². The minimum absolute atomic E-state index is 0.0985. The Morgan fingerprint density at radius 1 is 0.914 bits per heavy atom. The van der Waals surface area contributed by atoms with Gasteiger partial charge in [-0.1, -0.05) is 69.5 Å². The molecule has 3 N–H and O–H groups in total. The van der Waals surface area contributed by atoms with E-state index in [0.717, 1.165) is 10.0 Å². The molecular formula is C25H19BrCl2N4O3. The van der Waals surface area contributed by atoms with E-state index in [1.807, 2.05) is 30.3 Å². The Bertz CT molecular complexity index is 1440. The van der Waals surface area contributed by atoms with E-state index in [0.29, 0.717) is 21.6 Å². The van der Waals surface area contributed by atoms with E-state index in [9.17, 15) is 14.4 Å². The Balaban J connectivity index is 1.60. The van der Waals surface area contributed by atoms with Gasteiger partial charge in [-0.3, -0.25) is 19.8 Å². The maximum atomic E-state index is 13.2. The molecule has 0 saturated heterocycles. The molecule has 1 aromatic heterocycles. The quantitative estimate of drug-likeness (QED) is 0.259. The molecule has 0 aliphatic rings. The van der Waals surface area contributed by atoms with Crippen molar-refractivity contribution in [1.29, 1.82) is 0 Å². The van der Waals surface area contributed by atoms with Crippen LogP contribution in [0.1, 0.15) is 29.0 Å². The number of nitrogens with one attached hydrogen (secondary N) is 3. The normalized spacial score (nSPS) is 11.7. The number of carbonyl (C=O) groups is 3. The highest BCUT2D eigenvalue weighted by molar-refractivity contribution is 9.10. The van der Waals surface area contributed by atoms with Crippen molar-refractivity contribution in [3.05, 3.63) is 98.6 Å². The topological polar surface area (TPSA) is 92.2 Å². The lowest BCUT2D eigenvalue weighted by molar-refractivity contribution is -0.137. The van der Waals surface area contributed by atoms with Gasteiger partial charge in [0.05, 0.1) is 22.3 Å². The molecule has 0 fully saturated rings. The van der Waals surface area contributed by atoms with Crippen LogP contribution in [0, 0.1) is 0 Å². The van der Waals surface area contributed by atoms with Crippen molar-refractivity contribution in [3.63, 3.8) is 0 Å². The summed E-state index contributed by atoms with van der Waals surface area (Å²) in [6.45, 7) is 1.78. The summed E-state index contributed by atoms with van der Waals surface area (Å²) in [5, 5.41) is 6.73. The Hall–Kier alpha value is -3.33. The third-order valence-electron chi connectivity index (χ3n) is 5.24. The van der Waals surface area contributed by atoms with Crippen LogP contribution in [0.25, 0.3) is 10.9 Å². The number of benzene rings is 3. The predicted molar refractivity (Wildman–Crippen MR) is 141 cm³/mol. The standard InChI is InChI=1S/C25H19BrCl2N4O3/c1-14(15-5-3-2-4-6-15)29-24(34)25(35)31-32-21-10-7-17(26)11-16(21)12-22(32)23(33)30-20-9-8-18(27)13-19(20)28/h2-14H,1H3,(H,29,34)(H,30,33)(H,31,35)/t14-/m0/s1. The average molecular weight is 574 g/mol. The second-order valence-corrected chi connectivity index (χ2v) is 9.45. The molecule has 0 bridgehead atoms. The number of rotatable bonds is 5. The van der Waals surface area contributed by atoms with Crippen LogP contribution in [-0.2, 0) is 9.59 Å². The van der Waals surface area contributed by atoms with Crippen molar-refractivity contribution in [2.45, 2.75) is 13.0 Å². The highest BCUT2D eigenvalue weighted by Gasteiger charge is 2.22. The van der Waals surface area contributed by atoms with Crippen LogP contribution in [0.3, 0.4) is 0 Å². The Morgan fingerprint density at radius 3 is 2.37 bits per heavy atom. The van der Waals surface area contributed by atoms with Gasteiger partial charge in [0.15, 0.2) is 0 Å². The first-order valence-corrected chi connectivity index (χ1v) is 12.0. The molecule has 1 atom stereocenters. The minimum Gasteiger partial charge on any atom is -0.341 e. The first-order valence-electron chi connectivity index (χ1n) is 10.5. The van der Waals surface area contributed by atoms with Crippen LogP contribution in [0.15, 0.2) is 77.3 Å². The summed E-state index contributed by atoms with van der Waals surface area (Å²) in [4.78, 5) is 38.6. The van der Waals surface area contributed by atoms with Gasteiger partial charge in [0.1, 0.15) is 5.69 Å². The van der Waals surface area contributed by atoms with E-state index in [4.69, 9.17) is 23.2 Å². The van der Waals surface area contributed by atoms with Gasteiger partial charge in [0.2, 0.25) is 0 Å². The van der Waals surface area contributed by atoms with E-state index >= 15 is 0 Å². The zero-order valence-electron chi connectivity index (χ0n) is 18.3. The number of carbonyl (C=O) groups excluding carboxylic acids is 3. The molecule has 4 rings (SSSR count). The molecule has 10 heteroatoms. The molecule has 7 nitrogen and oxygen atoms in total. The zero-order valence-corrected chi connectivity index (χ0v) is 21.4. The van der Waals surface area contributed by atoms with Crippen LogP contribution in [0.4, 0.5) is 5.69 Å². The predicted octanol–water partition coefficient (Wildman–Crippen LogP) is 5.91. The molecule has 3 amide bonds. The minimum atomic E-state index is -0.924. The Kier molecular flexibility index (Phi) is 7.45. The summed E-state index contributed by atoms with van der Waals surface area (Å²) in [6, 6.07) is 20.4.